The summed E-state index contributed by atoms with van der Waals surface area (Å²) in [4.78, 5) is 11.0. The number of nitrogens with one attached hydrogen (secondary N) is 1. The Labute approximate surface area is 182 Å². The first-order valence-corrected chi connectivity index (χ1v) is 10.3. The van der Waals surface area contributed by atoms with E-state index in [4.69, 9.17) is 9.47 Å². The SMILES string of the molecule is C=C/C=C(F)\C(=C/C=C)Nc1ncnc2cc(OCC3CCN(C)CC3)c(OC)cc12. The molecule has 0 atom stereocenters. The van der Waals surface area contributed by atoms with Gasteiger partial charge in [-0.25, -0.2) is 14.4 Å². The molecule has 2 heterocycles. The van der Waals surface area contributed by atoms with Crippen molar-refractivity contribution in [2.24, 2.45) is 5.92 Å². The molecule has 0 spiro atoms. The summed E-state index contributed by atoms with van der Waals surface area (Å²) in [6.45, 7) is 9.98. The van der Waals surface area contributed by atoms with Gasteiger partial charge in [0.2, 0.25) is 0 Å². The zero-order chi connectivity index (χ0) is 22.2. The van der Waals surface area contributed by atoms with Crippen LogP contribution >= 0.6 is 0 Å². The number of rotatable bonds is 9. The van der Waals surface area contributed by atoms with Crippen molar-refractivity contribution in [2.75, 3.05) is 39.2 Å². The largest absolute Gasteiger partial charge is 0.493 e. The molecule has 7 heteroatoms. The van der Waals surface area contributed by atoms with E-state index in [1.807, 2.05) is 12.1 Å². The van der Waals surface area contributed by atoms with Crippen LogP contribution in [0, 0.1) is 5.92 Å². The first-order chi connectivity index (χ1) is 15.0. The maximum Gasteiger partial charge on any atom is 0.163 e. The highest BCUT2D eigenvalue weighted by molar-refractivity contribution is 5.92. The van der Waals surface area contributed by atoms with Gasteiger partial charge in [0.25, 0.3) is 0 Å². The molecule has 1 aromatic heterocycles. The monoisotopic (exact) mass is 424 g/mol. The number of methoxy groups -OCH3 is 1. The van der Waals surface area contributed by atoms with Crippen molar-refractivity contribution in [3.8, 4) is 11.5 Å². The van der Waals surface area contributed by atoms with Gasteiger partial charge in [0, 0.05) is 11.5 Å². The van der Waals surface area contributed by atoms with Crippen molar-refractivity contribution in [2.45, 2.75) is 12.8 Å². The number of piperidine rings is 1. The summed E-state index contributed by atoms with van der Waals surface area (Å²) in [5.41, 5.74) is 0.888. The highest BCUT2D eigenvalue weighted by atomic mass is 19.1. The second kappa shape index (κ2) is 10.7. The summed E-state index contributed by atoms with van der Waals surface area (Å²) in [5.74, 6) is 1.70. The Kier molecular flexibility index (Phi) is 7.78. The van der Waals surface area contributed by atoms with E-state index in [2.05, 4.69) is 40.4 Å². The normalized spacial score (nSPS) is 16.2. The van der Waals surface area contributed by atoms with E-state index >= 15 is 0 Å². The van der Waals surface area contributed by atoms with Gasteiger partial charge in [0.05, 0.1) is 24.9 Å². The molecule has 164 valence electrons. The van der Waals surface area contributed by atoms with Crippen LogP contribution < -0.4 is 14.8 Å². The van der Waals surface area contributed by atoms with Gasteiger partial charge in [0.1, 0.15) is 18.0 Å². The van der Waals surface area contributed by atoms with Crippen LogP contribution in [0.2, 0.25) is 0 Å². The van der Waals surface area contributed by atoms with E-state index < -0.39 is 5.83 Å². The zero-order valence-electron chi connectivity index (χ0n) is 18.1. The maximum atomic E-state index is 14.4. The molecule has 1 saturated heterocycles. The third-order valence-corrected chi connectivity index (χ3v) is 5.29. The summed E-state index contributed by atoms with van der Waals surface area (Å²) in [7, 11) is 3.74. The van der Waals surface area contributed by atoms with Gasteiger partial charge in [0.15, 0.2) is 11.5 Å². The standard InChI is InChI=1S/C24H29FN4O2/c1-5-7-19(25)20(8-6-2)28-24-18-13-22(30-4)23(14-21(18)26-16-27-24)31-15-17-9-11-29(3)12-10-17/h5-8,13-14,16-17H,1-2,9-12,15H2,3-4H3,(H,26,27,28)/b19-7+,20-8+. The van der Waals surface area contributed by atoms with Crippen molar-refractivity contribution in [3.05, 3.63) is 67.4 Å². The number of ether oxygens (including phenoxy) is 2. The Morgan fingerprint density at radius 2 is 1.94 bits per heavy atom. The van der Waals surface area contributed by atoms with Crippen molar-refractivity contribution >= 4 is 16.7 Å². The minimum Gasteiger partial charge on any atom is -0.493 e. The first-order valence-electron chi connectivity index (χ1n) is 10.3. The van der Waals surface area contributed by atoms with E-state index in [1.54, 1.807) is 7.11 Å². The topological polar surface area (TPSA) is 59.5 Å². The molecule has 0 aliphatic carbocycles. The number of hydrogen-bond donors (Lipinski definition) is 1. The minimum atomic E-state index is -0.480. The Morgan fingerprint density at radius 1 is 1.19 bits per heavy atom. The Hall–Kier alpha value is -3.19. The lowest BCUT2D eigenvalue weighted by atomic mass is 9.98. The van der Waals surface area contributed by atoms with Crippen molar-refractivity contribution < 1.29 is 13.9 Å². The Balaban J connectivity index is 1.87. The lowest BCUT2D eigenvalue weighted by Gasteiger charge is -2.28. The fourth-order valence-electron chi connectivity index (χ4n) is 3.49. The molecule has 0 amide bonds. The van der Waals surface area contributed by atoms with Crippen LogP contribution in [-0.4, -0.2) is 48.7 Å². The zero-order valence-corrected chi connectivity index (χ0v) is 18.1. The van der Waals surface area contributed by atoms with Gasteiger partial charge in [-0.2, -0.15) is 0 Å². The third kappa shape index (κ3) is 5.70. The molecule has 1 aromatic carbocycles. The Bertz CT molecular complexity index is 994. The summed E-state index contributed by atoms with van der Waals surface area (Å²) < 4.78 is 26.0. The molecule has 1 fully saturated rings. The minimum absolute atomic E-state index is 0.219. The number of benzene rings is 1. The number of halogens is 1. The van der Waals surface area contributed by atoms with Gasteiger partial charge < -0.3 is 19.7 Å². The predicted molar refractivity (Wildman–Crippen MR) is 123 cm³/mol. The predicted octanol–water partition coefficient (Wildman–Crippen LogP) is 4.88. The van der Waals surface area contributed by atoms with Crippen LogP contribution in [0.5, 0.6) is 11.5 Å². The fourth-order valence-corrected chi connectivity index (χ4v) is 3.49. The van der Waals surface area contributed by atoms with Crippen molar-refractivity contribution in [1.82, 2.24) is 14.9 Å². The van der Waals surface area contributed by atoms with E-state index in [1.165, 1.54) is 30.6 Å². The summed E-state index contributed by atoms with van der Waals surface area (Å²) in [6.07, 6.45) is 9.33. The highest BCUT2D eigenvalue weighted by Crippen LogP contribution is 2.35. The van der Waals surface area contributed by atoms with Gasteiger partial charge in [-0.15, -0.1) is 0 Å². The molecule has 31 heavy (non-hydrogen) atoms. The van der Waals surface area contributed by atoms with Gasteiger partial charge in [-0.05, 0) is 57.1 Å². The molecule has 0 saturated carbocycles. The average molecular weight is 425 g/mol. The fraction of sp³-hybridized carbons (Fsp3) is 0.333. The van der Waals surface area contributed by atoms with Crippen molar-refractivity contribution in [1.29, 1.82) is 0 Å². The average Bonchev–Trinajstić information content (AvgIpc) is 2.78. The highest BCUT2D eigenvalue weighted by Gasteiger charge is 2.19. The molecule has 1 aliphatic heterocycles. The summed E-state index contributed by atoms with van der Waals surface area (Å²) >= 11 is 0. The number of allylic oxidation sites excluding steroid dienone is 5. The molecule has 0 radical (unpaired) electrons. The lowest BCUT2D eigenvalue weighted by Crippen LogP contribution is -2.32. The Morgan fingerprint density at radius 3 is 2.61 bits per heavy atom. The molecular formula is C24H29FN4O2. The molecule has 1 N–H and O–H groups in total. The van der Waals surface area contributed by atoms with E-state index in [-0.39, 0.29) is 5.70 Å². The van der Waals surface area contributed by atoms with Crippen LogP contribution in [0.15, 0.2) is 67.4 Å². The van der Waals surface area contributed by atoms with Crippen LogP contribution in [0.1, 0.15) is 12.8 Å². The van der Waals surface area contributed by atoms with Crippen LogP contribution in [0.25, 0.3) is 10.9 Å². The lowest BCUT2D eigenvalue weighted by molar-refractivity contribution is 0.157. The molecule has 3 rings (SSSR count). The second-order valence-electron chi connectivity index (χ2n) is 7.49. The smallest absolute Gasteiger partial charge is 0.163 e. The second-order valence-corrected chi connectivity index (χ2v) is 7.49. The number of fused-ring (bicyclic) bond motifs is 1. The quantitative estimate of drug-likeness (QED) is 0.579. The van der Waals surface area contributed by atoms with Crippen molar-refractivity contribution in [3.63, 3.8) is 0 Å². The van der Waals surface area contributed by atoms with E-state index in [0.717, 1.165) is 25.9 Å². The van der Waals surface area contributed by atoms with E-state index in [0.29, 0.717) is 40.7 Å². The maximum absolute atomic E-state index is 14.4. The first kappa shape index (κ1) is 22.5. The number of nitrogens with zero attached hydrogens (tertiary/aromatic N) is 3. The summed E-state index contributed by atoms with van der Waals surface area (Å²) in [6, 6.07) is 3.64. The number of likely N-dealkylation sites (tertiary alicyclic amines) is 1. The van der Waals surface area contributed by atoms with E-state index in [9.17, 15) is 4.39 Å². The number of aromatic nitrogens is 2. The van der Waals surface area contributed by atoms with Gasteiger partial charge in [-0.1, -0.05) is 25.3 Å². The molecule has 0 unspecified atom stereocenters. The molecule has 0 bridgehead atoms. The van der Waals surface area contributed by atoms with Crippen LogP contribution in [-0.2, 0) is 0 Å². The van der Waals surface area contributed by atoms with Crippen LogP contribution in [0.4, 0.5) is 10.2 Å². The van der Waals surface area contributed by atoms with Crippen LogP contribution in [0.3, 0.4) is 0 Å². The molecule has 2 aromatic rings. The molecule has 6 nitrogen and oxygen atoms in total. The summed E-state index contributed by atoms with van der Waals surface area (Å²) in [5, 5.41) is 3.70. The molecule has 1 aliphatic rings. The third-order valence-electron chi connectivity index (χ3n) is 5.29. The number of hydrogen-bond acceptors (Lipinski definition) is 6. The number of anilines is 1. The molecular weight excluding hydrogens is 395 g/mol. The van der Waals surface area contributed by atoms with Gasteiger partial charge >= 0.3 is 0 Å². The van der Waals surface area contributed by atoms with Gasteiger partial charge in [-0.3, -0.25) is 0 Å².